The minimum absolute atomic E-state index is 0.0528. The lowest BCUT2D eigenvalue weighted by atomic mass is 9.61. The van der Waals surface area contributed by atoms with Crippen molar-refractivity contribution >= 4 is 12.0 Å². The Balaban J connectivity index is 1.92. The molecule has 2 saturated carbocycles. The van der Waals surface area contributed by atoms with Crippen molar-refractivity contribution in [3.8, 4) is 0 Å². The molecule has 0 bridgehead atoms. The van der Waals surface area contributed by atoms with Crippen LogP contribution in [0.25, 0.3) is 0 Å². The molecule has 3 N–H and O–H groups in total. The van der Waals surface area contributed by atoms with Gasteiger partial charge in [0.25, 0.3) is 0 Å². The van der Waals surface area contributed by atoms with Crippen LogP contribution in [-0.4, -0.2) is 29.2 Å². The highest BCUT2D eigenvalue weighted by Crippen LogP contribution is 2.45. The van der Waals surface area contributed by atoms with E-state index >= 15 is 0 Å². The van der Waals surface area contributed by atoms with E-state index in [9.17, 15) is 14.7 Å². The quantitative estimate of drug-likeness (QED) is 0.749. The summed E-state index contributed by atoms with van der Waals surface area (Å²) in [5, 5.41) is 15.5. The van der Waals surface area contributed by atoms with E-state index in [0.717, 1.165) is 19.3 Å². The molecule has 2 aliphatic rings. The number of carbonyl (C=O) groups is 2. The maximum absolute atomic E-state index is 12.1. The second-order valence-corrected chi connectivity index (χ2v) is 7.28. The fourth-order valence-corrected chi connectivity index (χ4v) is 3.91. The van der Waals surface area contributed by atoms with Gasteiger partial charge in [0.05, 0.1) is 5.92 Å². The highest BCUT2D eigenvalue weighted by Gasteiger charge is 2.46. The van der Waals surface area contributed by atoms with Crippen molar-refractivity contribution in [3.05, 3.63) is 0 Å². The molecule has 120 valence electrons. The predicted octanol–water partition coefficient (Wildman–Crippen LogP) is 2.75. The second-order valence-electron chi connectivity index (χ2n) is 7.28. The summed E-state index contributed by atoms with van der Waals surface area (Å²) in [6.07, 6.45) is 5.89. The van der Waals surface area contributed by atoms with E-state index in [4.69, 9.17) is 0 Å². The van der Waals surface area contributed by atoms with E-state index in [2.05, 4.69) is 17.6 Å². The van der Waals surface area contributed by atoms with Crippen molar-refractivity contribution in [2.24, 2.45) is 17.3 Å². The summed E-state index contributed by atoms with van der Waals surface area (Å²) in [5.41, 5.74) is -0.310. The minimum Gasteiger partial charge on any atom is -0.481 e. The Morgan fingerprint density at radius 3 is 2.24 bits per heavy atom. The van der Waals surface area contributed by atoms with Crippen LogP contribution in [-0.2, 0) is 4.79 Å². The number of nitrogens with one attached hydrogen (secondary N) is 2. The Morgan fingerprint density at radius 1 is 1.05 bits per heavy atom. The molecule has 3 atom stereocenters. The molecule has 5 heteroatoms. The molecule has 0 aromatic rings. The summed E-state index contributed by atoms with van der Waals surface area (Å²) < 4.78 is 0. The number of carbonyl (C=O) groups excluding carboxylic acids is 1. The SMILES string of the molecule is CC1C(NC(=O)NC2CCCC2)CCC(C(=O)O)C1(C)C. The Kier molecular flexibility index (Phi) is 4.79. The molecule has 0 heterocycles. The van der Waals surface area contributed by atoms with Gasteiger partial charge in [-0.15, -0.1) is 0 Å². The lowest BCUT2D eigenvalue weighted by Crippen LogP contribution is -2.55. The number of carboxylic acid groups (broad SMARTS) is 1. The molecule has 0 aliphatic heterocycles. The van der Waals surface area contributed by atoms with E-state index in [0.29, 0.717) is 12.5 Å². The monoisotopic (exact) mass is 296 g/mol. The van der Waals surface area contributed by atoms with E-state index < -0.39 is 5.97 Å². The summed E-state index contributed by atoms with van der Waals surface area (Å²) in [6, 6.07) is 0.268. The highest BCUT2D eigenvalue weighted by atomic mass is 16.4. The number of amides is 2. The zero-order valence-electron chi connectivity index (χ0n) is 13.3. The third kappa shape index (κ3) is 3.50. The van der Waals surface area contributed by atoms with E-state index in [1.54, 1.807) is 0 Å². The number of hydrogen-bond donors (Lipinski definition) is 3. The molecule has 0 spiro atoms. The van der Waals surface area contributed by atoms with E-state index in [1.165, 1.54) is 12.8 Å². The first-order valence-corrected chi connectivity index (χ1v) is 8.12. The van der Waals surface area contributed by atoms with Gasteiger partial charge in [0.2, 0.25) is 0 Å². The van der Waals surface area contributed by atoms with Gasteiger partial charge in [-0.1, -0.05) is 33.6 Å². The molecule has 2 fully saturated rings. The van der Waals surface area contributed by atoms with Gasteiger partial charge in [0.1, 0.15) is 0 Å². The average Bonchev–Trinajstić information content (AvgIpc) is 2.87. The zero-order valence-corrected chi connectivity index (χ0v) is 13.3. The van der Waals surface area contributed by atoms with Crippen LogP contribution in [0, 0.1) is 17.3 Å². The largest absolute Gasteiger partial charge is 0.481 e. The van der Waals surface area contributed by atoms with Crippen LogP contribution >= 0.6 is 0 Å². The van der Waals surface area contributed by atoms with Gasteiger partial charge in [-0.3, -0.25) is 4.79 Å². The maximum atomic E-state index is 12.1. The predicted molar refractivity (Wildman–Crippen MR) is 81.0 cm³/mol. The van der Waals surface area contributed by atoms with Gasteiger partial charge in [-0.2, -0.15) is 0 Å². The lowest BCUT2D eigenvalue weighted by molar-refractivity contribution is -0.150. The summed E-state index contributed by atoms with van der Waals surface area (Å²) in [5.74, 6) is -0.911. The van der Waals surface area contributed by atoms with Crippen molar-refractivity contribution in [3.63, 3.8) is 0 Å². The van der Waals surface area contributed by atoms with Gasteiger partial charge >= 0.3 is 12.0 Å². The van der Waals surface area contributed by atoms with Crippen LogP contribution in [0.4, 0.5) is 4.79 Å². The van der Waals surface area contributed by atoms with Crippen molar-refractivity contribution in [2.45, 2.75) is 71.4 Å². The number of hydrogen-bond acceptors (Lipinski definition) is 2. The van der Waals surface area contributed by atoms with Gasteiger partial charge in [0.15, 0.2) is 0 Å². The molecular formula is C16H28N2O3. The summed E-state index contributed by atoms with van der Waals surface area (Å²) in [7, 11) is 0. The van der Waals surface area contributed by atoms with Crippen LogP contribution in [0.2, 0.25) is 0 Å². The number of carboxylic acids is 1. The van der Waals surface area contributed by atoms with Crippen LogP contribution in [0.5, 0.6) is 0 Å². The number of rotatable bonds is 3. The molecule has 0 aromatic carbocycles. The van der Waals surface area contributed by atoms with Crippen molar-refractivity contribution in [1.29, 1.82) is 0 Å². The second kappa shape index (κ2) is 6.24. The molecule has 0 aromatic heterocycles. The van der Waals surface area contributed by atoms with Gasteiger partial charge < -0.3 is 15.7 Å². The first kappa shape index (κ1) is 16.1. The van der Waals surface area contributed by atoms with Crippen LogP contribution in [0.15, 0.2) is 0 Å². The van der Waals surface area contributed by atoms with Crippen molar-refractivity contribution < 1.29 is 14.7 Å². The van der Waals surface area contributed by atoms with Crippen LogP contribution in [0.1, 0.15) is 59.3 Å². The van der Waals surface area contributed by atoms with Crippen LogP contribution < -0.4 is 10.6 Å². The summed E-state index contributed by atoms with van der Waals surface area (Å²) in [4.78, 5) is 23.5. The third-order valence-corrected chi connectivity index (χ3v) is 5.75. The van der Waals surface area contributed by atoms with Crippen LogP contribution in [0.3, 0.4) is 0 Å². The molecule has 2 aliphatic carbocycles. The summed E-state index contributed by atoms with van der Waals surface area (Å²) >= 11 is 0. The first-order chi connectivity index (χ1) is 9.82. The maximum Gasteiger partial charge on any atom is 0.315 e. The van der Waals surface area contributed by atoms with Crippen molar-refractivity contribution in [2.75, 3.05) is 0 Å². The van der Waals surface area contributed by atoms with Crippen molar-refractivity contribution in [1.82, 2.24) is 10.6 Å². The Morgan fingerprint density at radius 2 is 1.67 bits per heavy atom. The van der Waals surface area contributed by atoms with E-state index in [1.807, 2.05) is 13.8 Å². The molecule has 3 unspecified atom stereocenters. The highest BCUT2D eigenvalue weighted by molar-refractivity contribution is 5.75. The fraction of sp³-hybridized carbons (Fsp3) is 0.875. The van der Waals surface area contributed by atoms with Gasteiger partial charge in [-0.25, -0.2) is 4.79 Å². The third-order valence-electron chi connectivity index (χ3n) is 5.75. The van der Waals surface area contributed by atoms with Gasteiger partial charge in [0, 0.05) is 12.1 Å². The minimum atomic E-state index is -0.722. The lowest BCUT2D eigenvalue weighted by Gasteiger charge is -2.46. The number of urea groups is 1. The molecule has 2 amide bonds. The normalized spacial score (nSPS) is 32.6. The van der Waals surface area contributed by atoms with E-state index in [-0.39, 0.29) is 29.3 Å². The Labute approximate surface area is 126 Å². The standard InChI is InChI=1S/C16H28N2O3/c1-10-13(9-8-12(14(19)20)16(10,2)3)18-15(21)17-11-6-4-5-7-11/h10-13H,4-9H2,1-3H3,(H,19,20)(H2,17,18,21). The smallest absolute Gasteiger partial charge is 0.315 e. The fourth-order valence-electron chi connectivity index (χ4n) is 3.91. The molecule has 5 nitrogen and oxygen atoms in total. The number of aliphatic carboxylic acids is 1. The summed E-state index contributed by atoms with van der Waals surface area (Å²) in [6.45, 7) is 6.05. The topological polar surface area (TPSA) is 78.4 Å². The molecule has 2 rings (SSSR count). The van der Waals surface area contributed by atoms with Gasteiger partial charge in [-0.05, 0) is 37.0 Å². The molecule has 21 heavy (non-hydrogen) atoms. The molecular weight excluding hydrogens is 268 g/mol. The zero-order chi connectivity index (χ0) is 15.6. The first-order valence-electron chi connectivity index (χ1n) is 8.12. The Hall–Kier alpha value is -1.26. The molecule has 0 radical (unpaired) electrons. The average molecular weight is 296 g/mol. The molecule has 0 saturated heterocycles. The Bertz CT molecular complexity index is 402.